The van der Waals surface area contributed by atoms with E-state index in [9.17, 15) is 14.9 Å². The summed E-state index contributed by atoms with van der Waals surface area (Å²) in [4.78, 5) is 24.5. The van der Waals surface area contributed by atoms with Crippen molar-refractivity contribution in [3.63, 3.8) is 0 Å². The number of carbonyl (C=O) groups is 1. The Morgan fingerprint density at radius 2 is 2.04 bits per heavy atom. The van der Waals surface area contributed by atoms with Gasteiger partial charge >= 0.3 is 0 Å². The zero-order chi connectivity index (χ0) is 17.3. The van der Waals surface area contributed by atoms with E-state index in [4.69, 9.17) is 4.42 Å². The van der Waals surface area contributed by atoms with Crippen molar-refractivity contribution < 1.29 is 14.1 Å². The first-order valence-corrected chi connectivity index (χ1v) is 8.00. The van der Waals surface area contributed by atoms with Crippen LogP contribution >= 0.6 is 0 Å². The highest BCUT2D eigenvalue weighted by Crippen LogP contribution is 2.47. The Morgan fingerprint density at radius 3 is 2.71 bits per heavy atom. The number of hydrogen-bond donors (Lipinski definition) is 0. The van der Waals surface area contributed by atoms with Crippen molar-refractivity contribution in [2.75, 3.05) is 7.05 Å². The molecule has 0 aliphatic heterocycles. The van der Waals surface area contributed by atoms with Crippen molar-refractivity contribution in [2.24, 2.45) is 5.92 Å². The highest BCUT2D eigenvalue weighted by Gasteiger charge is 2.36. The molecule has 126 valence electrons. The van der Waals surface area contributed by atoms with Crippen molar-refractivity contribution in [1.29, 1.82) is 0 Å². The smallest absolute Gasteiger partial charge is 0.273 e. The molecule has 1 saturated carbocycles. The van der Waals surface area contributed by atoms with Gasteiger partial charge < -0.3 is 9.32 Å². The molecule has 0 spiro atoms. The minimum atomic E-state index is -0.460. The summed E-state index contributed by atoms with van der Waals surface area (Å²) >= 11 is 0. The summed E-state index contributed by atoms with van der Waals surface area (Å²) in [5.41, 5.74) is 0.397. The quantitative estimate of drug-likeness (QED) is 0.600. The first-order valence-electron chi connectivity index (χ1n) is 8.00. The van der Waals surface area contributed by atoms with Crippen LogP contribution in [0.1, 0.15) is 36.3 Å². The topological polar surface area (TPSA) is 76.6 Å². The predicted molar refractivity (Wildman–Crippen MR) is 88.5 cm³/mol. The number of nitro benzene ring substituents is 1. The molecular formula is C18H20N2O4. The van der Waals surface area contributed by atoms with Gasteiger partial charge in [0, 0.05) is 24.6 Å². The molecular weight excluding hydrogens is 308 g/mol. The minimum Gasteiger partial charge on any atom is -0.464 e. The number of carbonyl (C=O) groups excluding carboxylic acids is 1. The number of para-hydroxylation sites is 1. The standard InChI is InChI=1S/C18H20N2O4/c1-12-9-15(12)17-8-7-14(24-17)11-19(2)18(21)10-13-5-3-4-6-16(13)20(22)23/h3-8,12,15H,9-11H2,1-2H3/t12-,15+/m1/s1. The summed E-state index contributed by atoms with van der Waals surface area (Å²) in [6.45, 7) is 2.55. The van der Waals surface area contributed by atoms with Gasteiger partial charge in [0.15, 0.2) is 0 Å². The maximum atomic E-state index is 12.4. The van der Waals surface area contributed by atoms with Crippen LogP contribution in [-0.4, -0.2) is 22.8 Å². The molecule has 2 aromatic rings. The molecule has 0 N–H and O–H groups in total. The van der Waals surface area contributed by atoms with Crippen molar-refractivity contribution >= 4 is 11.6 Å². The molecule has 1 aromatic heterocycles. The van der Waals surface area contributed by atoms with Gasteiger partial charge in [-0.3, -0.25) is 14.9 Å². The van der Waals surface area contributed by atoms with E-state index in [2.05, 4.69) is 6.92 Å². The van der Waals surface area contributed by atoms with Gasteiger partial charge in [0.25, 0.3) is 5.69 Å². The Morgan fingerprint density at radius 1 is 1.33 bits per heavy atom. The molecule has 0 saturated heterocycles. The molecule has 6 heteroatoms. The fourth-order valence-electron chi connectivity index (χ4n) is 2.86. The highest BCUT2D eigenvalue weighted by molar-refractivity contribution is 5.79. The monoisotopic (exact) mass is 328 g/mol. The lowest BCUT2D eigenvalue weighted by Gasteiger charge is -2.15. The fraction of sp³-hybridized carbons (Fsp3) is 0.389. The van der Waals surface area contributed by atoms with Crippen molar-refractivity contribution in [3.8, 4) is 0 Å². The molecule has 1 fully saturated rings. The third kappa shape index (κ3) is 3.48. The average molecular weight is 328 g/mol. The van der Waals surface area contributed by atoms with Gasteiger partial charge in [0.1, 0.15) is 11.5 Å². The van der Waals surface area contributed by atoms with Crippen LogP contribution in [0.5, 0.6) is 0 Å². The molecule has 1 heterocycles. The van der Waals surface area contributed by atoms with Crippen molar-refractivity contribution in [3.05, 3.63) is 63.6 Å². The van der Waals surface area contributed by atoms with Gasteiger partial charge in [0.2, 0.25) is 5.91 Å². The Kier molecular flexibility index (Phi) is 4.38. The van der Waals surface area contributed by atoms with Gasteiger partial charge in [-0.2, -0.15) is 0 Å². The lowest BCUT2D eigenvalue weighted by atomic mass is 10.1. The maximum Gasteiger partial charge on any atom is 0.273 e. The summed E-state index contributed by atoms with van der Waals surface area (Å²) in [5.74, 6) is 2.72. The summed E-state index contributed by atoms with van der Waals surface area (Å²) < 4.78 is 5.81. The van der Waals surface area contributed by atoms with E-state index in [1.807, 2.05) is 12.1 Å². The van der Waals surface area contributed by atoms with Crippen LogP contribution in [0.25, 0.3) is 0 Å². The lowest BCUT2D eigenvalue weighted by Crippen LogP contribution is -2.27. The molecule has 1 aromatic carbocycles. The van der Waals surface area contributed by atoms with Gasteiger partial charge in [-0.05, 0) is 24.5 Å². The Hall–Kier alpha value is -2.63. The number of nitrogens with zero attached hydrogens (tertiary/aromatic N) is 2. The predicted octanol–water partition coefficient (Wildman–Crippen LogP) is 3.51. The number of furan rings is 1. The second-order valence-electron chi connectivity index (χ2n) is 6.44. The number of benzene rings is 1. The average Bonchev–Trinajstić information content (AvgIpc) is 3.09. The largest absolute Gasteiger partial charge is 0.464 e. The molecule has 3 rings (SSSR count). The van der Waals surface area contributed by atoms with Crippen LogP contribution in [-0.2, 0) is 17.8 Å². The van der Waals surface area contributed by atoms with E-state index in [0.29, 0.717) is 23.9 Å². The fourth-order valence-corrected chi connectivity index (χ4v) is 2.86. The third-order valence-corrected chi connectivity index (χ3v) is 4.51. The molecule has 1 amide bonds. The number of rotatable bonds is 6. The van der Waals surface area contributed by atoms with E-state index < -0.39 is 4.92 Å². The first kappa shape index (κ1) is 16.2. The van der Waals surface area contributed by atoms with Gasteiger partial charge in [-0.1, -0.05) is 25.1 Å². The summed E-state index contributed by atoms with van der Waals surface area (Å²) in [6, 6.07) is 10.2. The van der Waals surface area contributed by atoms with Crippen LogP contribution in [0.15, 0.2) is 40.8 Å². The van der Waals surface area contributed by atoms with Gasteiger partial charge in [-0.15, -0.1) is 0 Å². The van der Waals surface area contributed by atoms with Crippen LogP contribution in [0.4, 0.5) is 5.69 Å². The van der Waals surface area contributed by atoms with Crippen molar-refractivity contribution in [1.82, 2.24) is 4.90 Å². The molecule has 0 radical (unpaired) electrons. The van der Waals surface area contributed by atoms with Gasteiger partial charge in [0.05, 0.1) is 17.9 Å². The summed E-state index contributed by atoms with van der Waals surface area (Å²) in [6.07, 6.45) is 1.15. The van der Waals surface area contributed by atoms with Crippen LogP contribution in [0.2, 0.25) is 0 Å². The number of amides is 1. The molecule has 6 nitrogen and oxygen atoms in total. The van der Waals surface area contributed by atoms with E-state index in [-0.39, 0.29) is 18.0 Å². The third-order valence-electron chi connectivity index (χ3n) is 4.51. The molecule has 0 unspecified atom stereocenters. The molecule has 1 aliphatic rings. The van der Waals surface area contributed by atoms with Crippen LogP contribution < -0.4 is 0 Å². The van der Waals surface area contributed by atoms with E-state index in [1.54, 1.807) is 25.2 Å². The lowest BCUT2D eigenvalue weighted by molar-refractivity contribution is -0.385. The van der Waals surface area contributed by atoms with Crippen LogP contribution in [0, 0.1) is 16.0 Å². The molecule has 2 atom stereocenters. The zero-order valence-corrected chi connectivity index (χ0v) is 13.8. The molecule has 1 aliphatic carbocycles. The SMILES string of the molecule is C[C@@H]1C[C@@H]1c1ccc(CN(C)C(=O)Cc2ccccc2[N+](=O)[O-])o1. The Bertz CT molecular complexity index is 768. The van der Waals surface area contributed by atoms with E-state index in [0.717, 1.165) is 17.9 Å². The van der Waals surface area contributed by atoms with Crippen molar-refractivity contribution in [2.45, 2.75) is 32.2 Å². The highest BCUT2D eigenvalue weighted by atomic mass is 16.6. The second-order valence-corrected chi connectivity index (χ2v) is 6.44. The molecule has 24 heavy (non-hydrogen) atoms. The Labute approximate surface area is 140 Å². The minimum absolute atomic E-state index is 0.000871. The number of hydrogen-bond acceptors (Lipinski definition) is 4. The van der Waals surface area contributed by atoms with Crippen LogP contribution in [0.3, 0.4) is 0 Å². The number of likely N-dealkylation sites (N-methyl/N-ethyl adjacent to an activating group) is 1. The first-order chi connectivity index (χ1) is 11.5. The van der Waals surface area contributed by atoms with Gasteiger partial charge in [-0.25, -0.2) is 0 Å². The number of nitro groups is 1. The summed E-state index contributed by atoms with van der Waals surface area (Å²) in [7, 11) is 1.68. The molecule has 0 bridgehead atoms. The zero-order valence-electron chi connectivity index (χ0n) is 13.8. The maximum absolute atomic E-state index is 12.4. The van der Waals surface area contributed by atoms with E-state index in [1.165, 1.54) is 11.0 Å². The normalized spacial score (nSPS) is 19.1. The van der Waals surface area contributed by atoms with E-state index >= 15 is 0 Å². The Balaban J connectivity index is 1.63. The second kappa shape index (κ2) is 6.47. The summed E-state index contributed by atoms with van der Waals surface area (Å²) in [5, 5.41) is 11.0.